The van der Waals surface area contributed by atoms with Crippen LogP contribution < -0.4 is 0 Å². The third-order valence-corrected chi connectivity index (χ3v) is 5.93. The summed E-state index contributed by atoms with van der Waals surface area (Å²) < 4.78 is 0. The van der Waals surface area contributed by atoms with Crippen LogP contribution in [0.1, 0.15) is 44.6 Å². The van der Waals surface area contributed by atoms with E-state index >= 15 is 0 Å². The van der Waals surface area contributed by atoms with Gasteiger partial charge in [-0.15, -0.1) is 0 Å². The Labute approximate surface area is 136 Å². The molecular weight excluding hydrogens is 294 g/mol. The minimum absolute atomic E-state index is 0.110. The second-order valence-electron chi connectivity index (χ2n) is 6.56. The van der Waals surface area contributed by atoms with Crippen molar-refractivity contribution < 1.29 is 9.59 Å². The summed E-state index contributed by atoms with van der Waals surface area (Å²) in [5.74, 6) is 0.209. The van der Waals surface area contributed by atoms with Crippen LogP contribution in [0.25, 0.3) is 0 Å². The Morgan fingerprint density at radius 3 is 2.59 bits per heavy atom. The molecule has 3 rings (SSSR count). The number of nitrogens with zero attached hydrogens (tertiary/aromatic N) is 1. The summed E-state index contributed by atoms with van der Waals surface area (Å²) in [6.45, 7) is 3.11. The van der Waals surface area contributed by atoms with E-state index in [2.05, 4.69) is 24.3 Å². The molecule has 22 heavy (non-hydrogen) atoms. The van der Waals surface area contributed by atoms with Crippen molar-refractivity contribution in [3.63, 3.8) is 0 Å². The molecule has 1 aromatic carbocycles. The van der Waals surface area contributed by atoms with Gasteiger partial charge in [-0.25, -0.2) is 0 Å². The maximum Gasteiger partial charge on any atom is 0.223 e. The molecule has 0 N–H and O–H groups in total. The topological polar surface area (TPSA) is 37.4 Å². The van der Waals surface area contributed by atoms with Gasteiger partial charge in [-0.2, -0.15) is 0 Å². The van der Waals surface area contributed by atoms with Crippen molar-refractivity contribution in [3.05, 3.63) is 35.9 Å². The third kappa shape index (κ3) is 3.22. The van der Waals surface area contributed by atoms with Crippen molar-refractivity contribution in [3.8, 4) is 0 Å². The minimum atomic E-state index is 0.110. The maximum atomic E-state index is 12.3. The van der Waals surface area contributed by atoms with Gasteiger partial charge in [0, 0.05) is 37.1 Å². The first-order valence-corrected chi connectivity index (χ1v) is 8.98. The number of likely N-dealkylation sites (tertiary alicyclic amines) is 1. The highest BCUT2D eigenvalue weighted by Crippen LogP contribution is 2.42. The van der Waals surface area contributed by atoms with E-state index in [0.717, 1.165) is 25.9 Å². The third-order valence-electron chi connectivity index (χ3n) is 4.95. The molecule has 1 amide bonds. The molecule has 4 heteroatoms. The summed E-state index contributed by atoms with van der Waals surface area (Å²) in [5, 5.41) is 0.248. The van der Waals surface area contributed by atoms with Crippen LogP contribution in [0.2, 0.25) is 0 Å². The molecule has 1 aromatic rings. The molecule has 0 radical (unpaired) electrons. The van der Waals surface area contributed by atoms with Crippen LogP contribution in [-0.2, 0) is 15.0 Å². The Morgan fingerprint density at radius 2 is 1.95 bits per heavy atom. The van der Waals surface area contributed by atoms with E-state index < -0.39 is 0 Å². The highest BCUT2D eigenvalue weighted by atomic mass is 32.2. The smallest absolute Gasteiger partial charge is 0.223 e. The van der Waals surface area contributed by atoms with E-state index in [-0.39, 0.29) is 21.7 Å². The lowest BCUT2D eigenvalue weighted by atomic mass is 9.78. The molecule has 0 bridgehead atoms. The Balaban J connectivity index is 1.75. The van der Waals surface area contributed by atoms with Gasteiger partial charge in [-0.3, -0.25) is 9.59 Å². The standard InChI is InChI=1S/C18H23NO2S/c1-14(20)22-16-11-17(21)19(12-16)13-18(9-5-6-10-18)15-7-3-2-4-8-15/h2-4,7-8,16H,5-6,9-13H2,1H3. The molecule has 3 nitrogen and oxygen atoms in total. The largest absolute Gasteiger partial charge is 0.341 e. The van der Waals surface area contributed by atoms with E-state index in [0.29, 0.717) is 6.42 Å². The van der Waals surface area contributed by atoms with Crippen LogP contribution in [0.15, 0.2) is 30.3 Å². The fourth-order valence-corrected chi connectivity index (χ4v) is 4.90. The van der Waals surface area contributed by atoms with Crippen molar-refractivity contribution in [2.75, 3.05) is 13.1 Å². The van der Waals surface area contributed by atoms with Gasteiger partial charge in [0.2, 0.25) is 5.91 Å². The first-order valence-electron chi connectivity index (χ1n) is 8.10. The highest BCUT2D eigenvalue weighted by molar-refractivity contribution is 8.14. The molecule has 0 spiro atoms. The van der Waals surface area contributed by atoms with Gasteiger partial charge in [-0.05, 0) is 18.4 Å². The molecule has 1 aliphatic carbocycles. The van der Waals surface area contributed by atoms with Gasteiger partial charge in [0.15, 0.2) is 5.12 Å². The van der Waals surface area contributed by atoms with Crippen LogP contribution in [0.3, 0.4) is 0 Å². The zero-order valence-corrected chi connectivity index (χ0v) is 13.9. The Kier molecular flexibility index (Phi) is 4.57. The van der Waals surface area contributed by atoms with Crippen LogP contribution in [0.5, 0.6) is 0 Å². The summed E-state index contributed by atoms with van der Waals surface area (Å²) in [4.78, 5) is 25.6. The molecule has 1 unspecified atom stereocenters. The second-order valence-corrected chi connectivity index (χ2v) is 8.04. The number of rotatable bonds is 4. The molecule has 1 atom stereocenters. The van der Waals surface area contributed by atoms with Crippen LogP contribution in [0, 0.1) is 0 Å². The van der Waals surface area contributed by atoms with Gasteiger partial charge in [0.1, 0.15) is 0 Å². The molecule has 1 saturated heterocycles. The van der Waals surface area contributed by atoms with Crippen molar-refractivity contribution in [1.29, 1.82) is 0 Å². The summed E-state index contributed by atoms with van der Waals surface area (Å²) >= 11 is 1.32. The van der Waals surface area contributed by atoms with E-state index in [1.807, 2.05) is 11.0 Å². The number of thioether (sulfide) groups is 1. The number of hydrogen-bond acceptors (Lipinski definition) is 3. The zero-order valence-electron chi connectivity index (χ0n) is 13.1. The highest BCUT2D eigenvalue weighted by Gasteiger charge is 2.41. The van der Waals surface area contributed by atoms with Crippen molar-refractivity contribution >= 4 is 22.8 Å². The molecule has 2 aliphatic rings. The van der Waals surface area contributed by atoms with E-state index in [9.17, 15) is 9.59 Å². The van der Waals surface area contributed by atoms with Gasteiger partial charge >= 0.3 is 0 Å². The number of carbonyl (C=O) groups is 2. The fourth-order valence-electron chi connectivity index (χ4n) is 3.95. The molecule has 1 aliphatic heterocycles. The molecule has 1 saturated carbocycles. The lowest BCUT2D eigenvalue weighted by molar-refractivity contribution is -0.128. The zero-order chi connectivity index (χ0) is 15.6. The molecule has 0 aromatic heterocycles. The normalized spacial score (nSPS) is 24.0. The Hall–Kier alpha value is -1.29. The van der Waals surface area contributed by atoms with Crippen molar-refractivity contribution in [1.82, 2.24) is 4.90 Å². The van der Waals surface area contributed by atoms with Gasteiger partial charge in [0.05, 0.1) is 0 Å². The van der Waals surface area contributed by atoms with Crippen LogP contribution >= 0.6 is 11.8 Å². The quantitative estimate of drug-likeness (QED) is 0.854. The molecule has 2 fully saturated rings. The molecular formula is C18H23NO2S. The van der Waals surface area contributed by atoms with Gasteiger partial charge < -0.3 is 4.90 Å². The van der Waals surface area contributed by atoms with E-state index in [4.69, 9.17) is 0 Å². The monoisotopic (exact) mass is 317 g/mol. The predicted octanol–water partition coefficient (Wildman–Crippen LogP) is 3.38. The number of benzene rings is 1. The average molecular weight is 317 g/mol. The lowest BCUT2D eigenvalue weighted by Gasteiger charge is -2.34. The molecule has 1 heterocycles. The van der Waals surface area contributed by atoms with E-state index in [1.165, 1.54) is 30.2 Å². The summed E-state index contributed by atoms with van der Waals surface area (Å²) in [7, 11) is 0. The SMILES string of the molecule is CC(=O)SC1CC(=O)N(CC2(c3ccccc3)CCCC2)C1. The van der Waals surface area contributed by atoms with Gasteiger partial charge in [-0.1, -0.05) is 54.9 Å². The fraction of sp³-hybridized carbons (Fsp3) is 0.556. The number of hydrogen-bond donors (Lipinski definition) is 0. The first kappa shape index (κ1) is 15.6. The molecule has 118 valence electrons. The summed E-state index contributed by atoms with van der Waals surface area (Å²) in [6.07, 6.45) is 5.30. The number of carbonyl (C=O) groups excluding carboxylic acids is 2. The second kappa shape index (κ2) is 6.45. The Bertz CT molecular complexity index is 551. The lowest BCUT2D eigenvalue weighted by Crippen LogP contribution is -2.40. The van der Waals surface area contributed by atoms with Crippen molar-refractivity contribution in [2.24, 2.45) is 0 Å². The first-order chi connectivity index (χ1) is 10.6. The minimum Gasteiger partial charge on any atom is -0.341 e. The average Bonchev–Trinajstić information content (AvgIpc) is 3.08. The number of amides is 1. The van der Waals surface area contributed by atoms with Gasteiger partial charge in [0.25, 0.3) is 0 Å². The summed E-state index contributed by atoms with van der Waals surface area (Å²) in [6, 6.07) is 10.6. The van der Waals surface area contributed by atoms with E-state index in [1.54, 1.807) is 6.92 Å². The van der Waals surface area contributed by atoms with Crippen molar-refractivity contribution in [2.45, 2.75) is 49.7 Å². The van der Waals surface area contributed by atoms with Crippen LogP contribution in [0.4, 0.5) is 0 Å². The summed E-state index contributed by atoms with van der Waals surface area (Å²) in [5.41, 5.74) is 1.48. The predicted molar refractivity (Wildman–Crippen MR) is 89.8 cm³/mol. The van der Waals surface area contributed by atoms with Crippen LogP contribution in [-0.4, -0.2) is 34.3 Å². The Morgan fingerprint density at radius 1 is 1.27 bits per heavy atom. The maximum absolute atomic E-state index is 12.3.